The molecule has 1 saturated heterocycles. The summed E-state index contributed by atoms with van der Waals surface area (Å²) in [5, 5.41) is 12.5. The minimum absolute atomic E-state index is 0.0417. The van der Waals surface area contributed by atoms with E-state index in [4.69, 9.17) is 9.47 Å². The number of carbonyl (C=O) groups excluding carboxylic acids is 3. The van der Waals surface area contributed by atoms with Crippen LogP contribution >= 0.6 is 0 Å². The molecule has 1 heterocycles. The van der Waals surface area contributed by atoms with Crippen LogP contribution in [0.2, 0.25) is 0 Å². The smallest absolute Gasteiger partial charge is 0.346 e. The van der Waals surface area contributed by atoms with Crippen LogP contribution in [-0.2, 0) is 23.9 Å². The summed E-state index contributed by atoms with van der Waals surface area (Å²) in [5.41, 5.74) is 0.982. The number of ether oxygens (including phenoxy) is 2. The van der Waals surface area contributed by atoms with E-state index in [-0.39, 0.29) is 53.0 Å². The van der Waals surface area contributed by atoms with Crippen molar-refractivity contribution in [1.29, 1.82) is 0 Å². The Morgan fingerprint density at radius 3 is 2.38 bits per heavy atom. The first-order valence-electron chi connectivity index (χ1n) is 15.7. The van der Waals surface area contributed by atoms with Crippen LogP contribution in [0, 0.1) is 40.4 Å². The SMILES string of the molecule is CC(=O)O[C@H]1CC[C@H](C)[C@@H]2[C@@H]1C=C(C)[C@H]1/C(C)=C\CC/C(C)=C\[C@]3(C)C=C(C)[C@H](C)C[C@]34OC(=O)C(=C(O)[C@@]21C)C4=O. The molecule has 5 rings (SSSR count). The van der Waals surface area contributed by atoms with Crippen LogP contribution in [0.5, 0.6) is 0 Å². The van der Waals surface area contributed by atoms with Crippen molar-refractivity contribution in [3.63, 3.8) is 0 Å². The van der Waals surface area contributed by atoms with Crippen molar-refractivity contribution in [2.24, 2.45) is 40.4 Å². The van der Waals surface area contributed by atoms with Gasteiger partial charge in [0.1, 0.15) is 17.4 Å². The average Bonchev–Trinajstić information content (AvgIpc) is 3.13. The van der Waals surface area contributed by atoms with Crippen molar-refractivity contribution < 1.29 is 29.0 Å². The number of carbonyl (C=O) groups is 3. The molecule has 0 amide bonds. The van der Waals surface area contributed by atoms with Gasteiger partial charge in [0, 0.05) is 30.6 Å². The zero-order valence-electron chi connectivity index (χ0n) is 26.8. The van der Waals surface area contributed by atoms with E-state index in [0.717, 1.165) is 48.0 Å². The van der Waals surface area contributed by atoms with Gasteiger partial charge in [-0.2, -0.15) is 0 Å². The van der Waals surface area contributed by atoms with E-state index in [2.05, 4.69) is 65.8 Å². The summed E-state index contributed by atoms with van der Waals surface area (Å²) in [6, 6.07) is 0. The number of allylic oxidation sites excluding steroid dienone is 6. The van der Waals surface area contributed by atoms with Crippen LogP contribution < -0.4 is 0 Å². The van der Waals surface area contributed by atoms with Crippen molar-refractivity contribution in [2.75, 3.05) is 0 Å². The lowest BCUT2D eigenvalue weighted by atomic mass is 9.49. The molecule has 4 aliphatic carbocycles. The molecule has 6 heteroatoms. The van der Waals surface area contributed by atoms with Gasteiger partial charge in [-0.05, 0) is 78.1 Å². The molecule has 2 fully saturated rings. The Labute approximate surface area is 251 Å². The number of aliphatic hydroxyl groups is 1. The first kappa shape index (κ1) is 30.6. The number of rotatable bonds is 1. The Morgan fingerprint density at radius 1 is 1.02 bits per heavy atom. The van der Waals surface area contributed by atoms with E-state index >= 15 is 0 Å². The standard InChI is InChI=1S/C36H48O6/c1-19-11-10-12-20(2)29-22(4)15-26-27(41-25(7)37)14-13-21(3)30(26)35(29,9)31(38)28-32(39)36(42-33(28)40)18-24(6)23(5)17-34(36,8)16-19/h12,15-17,21,24,26-27,29-30,38H,10-11,13-14,18H2,1-9H3/b19-16-,20-12-,31-28?/t21-,24+,26+,27-,29+,30+,34+,35+,36+/m0/s1. The van der Waals surface area contributed by atoms with Crippen LogP contribution in [0.25, 0.3) is 0 Å². The van der Waals surface area contributed by atoms with Gasteiger partial charge >= 0.3 is 11.9 Å². The Kier molecular flexibility index (Phi) is 7.55. The van der Waals surface area contributed by atoms with Gasteiger partial charge in [-0.25, -0.2) is 4.79 Å². The minimum Gasteiger partial charge on any atom is -0.511 e. The van der Waals surface area contributed by atoms with Crippen LogP contribution in [0.4, 0.5) is 0 Å². The molecule has 9 atom stereocenters. The fourth-order valence-corrected chi connectivity index (χ4v) is 9.60. The van der Waals surface area contributed by atoms with Crippen molar-refractivity contribution >= 4 is 17.7 Å². The highest BCUT2D eigenvalue weighted by molar-refractivity contribution is 6.26. The number of ketones is 1. The van der Waals surface area contributed by atoms with Gasteiger partial charge in [-0.3, -0.25) is 9.59 Å². The zero-order valence-corrected chi connectivity index (χ0v) is 26.8. The Morgan fingerprint density at radius 2 is 1.71 bits per heavy atom. The molecule has 0 aromatic heterocycles. The van der Waals surface area contributed by atoms with Crippen LogP contribution in [-0.4, -0.2) is 34.5 Å². The molecule has 0 aromatic rings. The Bertz CT molecular complexity index is 1370. The number of hydrogen-bond donors (Lipinski definition) is 1. The quantitative estimate of drug-likeness (QED) is 0.197. The normalized spacial score (nSPS) is 44.7. The van der Waals surface area contributed by atoms with Gasteiger partial charge in [0.25, 0.3) is 0 Å². The lowest BCUT2D eigenvalue weighted by molar-refractivity contribution is -0.162. The number of fused-ring (bicyclic) bond motifs is 4. The maximum absolute atomic E-state index is 14.8. The minimum atomic E-state index is -1.42. The average molecular weight is 577 g/mol. The second kappa shape index (κ2) is 10.4. The molecule has 2 bridgehead atoms. The third kappa shape index (κ3) is 4.38. The molecule has 6 nitrogen and oxygen atoms in total. The molecule has 1 spiro atoms. The number of aliphatic hydroxyl groups excluding tert-OH is 1. The largest absolute Gasteiger partial charge is 0.511 e. The summed E-state index contributed by atoms with van der Waals surface area (Å²) < 4.78 is 12.1. The first-order valence-corrected chi connectivity index (χ1v) is 15.7. The summed E-state index contributed by atoms with van der Waals surface area (Å²) in [7, 11) is 0. The number of esters is 2. The molecule has 0 aromatic carbocycles. The van der Waals surface area contributed by atoms with Crippen molar-refractivity contribution in [2.45, 2.75) is 106 Å². The topological polar surface area (TPSA) is 89.9 Å². The lowest BCUT2D eigenvalue weighted by Crippen LogP contribution is -2.54. The molecule has 5 aliphatic rings. The van der Waals surface area contributed by atoms with Crippen molar-refractivity contribution in [1.82, 2.24) is 0 Å². The molecule has 0 unspecified atom stereocenters. The summed E-state index contributed by atoms with van der Waals surface area (Å²) in [6.45, 7) is 18.0. The third-order valence-electron chi connectivity index (χ3n) is 11.5. The summed E-state index contributed by atoms with van der Waals surface area (Å²) in [6.07, 6.45) is 11.9. The predicted molar refractivity (Wildman–Crippen MR) is 162 cm³/mol. The summed E-state index contributed by atoms with van der Waals surface area (Å²) in [5.74, 6) is -2.01. The molecule has 0 radical (unpaired) electrons. The fraction of sp³-hybridized carbons (Fsp3) is 0.639. The van der Waals surface area contributed by atoms with Gasteiger partial charge < -0.3 is 14.6 Å². The Balaban J connectivity index is 1.80. The van der Waals surface area contributed by atoms with E-state index in [0.29, 0.717) is 6.42 Å². The molecule has 42 heavy (non-hydrogen) atoms. The van der Waals surface area contributed by atoms with Crippen LogP contribution in [0.3, 0.4) is 0 Å². The van der Waals surface area contributed by atoms with Gasteiger partial charge in [-0.1, -0.05) is 67.4 Å². The monoisotopic (exact) mass is 576 g/mol. The summed E-state index contributed by atoms with van der Waals surface area (Å²) >= 11 is 0. The summed E-state index contributed by atoms with van der Waals surface area (Å²) in [4.78, 5) is 40.8. The van der Waals surface area contributed by atoms with Crippen LogP contribution in [0.15, 0.2) is 57.9 Å². The van der Waals surface area contributed by atoms with E-state index < -0.39 is 28.2 Å². The van der Waals surface area contributed by atoms with Crippen molar-refractivity contribution in [3.8, 4) is 0 Å². The molecule has 1 saturated carbocycles. The fourth-order valence-electron chi connectivity index (χ4n) is 9.60. The molecular weight excluding hydrogens is 528 g/mol. The lowest BCUT2D eigenvalue weighted by Gasteiger charge is -2.56. The predicted octanol–water partition coefficient (Wildman–Crippen LogP) is 7.52. The highest BCUT2D eigenvalue weighted by Crippen LogP contribution is 2.62. The molecule has 228 valence electrons. The van der Waals surface area contributed by atoms with E-state index in [9.17, 15) is 19.5 Å². The Hall–Kier alpha value is -2.89. The molecular formula is C36H48O6. The molecule has 1 aliphatic heterocycles. The highest BCUT2D eigenvalue weighted by Gasteiger charge is 2.66. The zero-order chi connectivity index (χ0) is 30.9. The van der Waals surface area contributed by atoms with Gasteiger partial charge in [0.15, 0.2) is 5.60 Å². The maximum Gasteiger partial charge on any atom is 0.346 e. The van der Waals surface area contributed by atoms with Gasteiger partial charge in [0.2, 0.25) is 5.78 Å². The second-order valence-electron chi connectivity index (χ2n) is 14.5. The van der Waals surface area contributed by atoms with E-state index in [1.54, 1.807) is 0 Å². The van der Waals surface area contributed by atoms with E-state index in [1.807, 2.05) is 13.8 Å². The maximum atomic E-state index is 14.8. The first-order chi connectivity index (χ1) is 19.6. The van der Waals surface area contributed by atoms with Crippen molar-refractivity contribution in [3.05, 3.63) is 57.9 Å². The van der Waals surface area contributed by atoms with Crippen LogP contribution in [0.1, 0.15) is 94.4 Å². The number of Topliss-reactive ketones (excluding diaryl/α,β-unsaturated/α-hetero) is 1. The third-order valence-corrected chi connectivity index (χ3v) is 11.5. The van der Waals surface area contributed by atoms with Gasteiger partial charge in [-0.15, -0.1) is 0 Å². The van der Waals surface area contributed by atoms with Gasteiger partial charge in [0.05, 0.1) is 5.41 Å². The second-order valence-corrected chi connectivity index (χ2v) is 14.5. The number of hydrogen-bond acceptors (Lipinski definition) is 6. The molecule has 1 N–H and O–H groups in total. The van der Waals surface area contributed by atoms with E-state index in [1.165, 1.54) is 6.92 Å². The highest BCUT2D eigenvalue weighted by atomic mass is 16.6.